The lowest BCUT2D eigenvalue weighted by atomic mass is 9.82. The zero-order chi connectivity index (χ0) is 14.5. The molecule has 2 N–H and O–H groups in total. The van der Waals surface area contributed by atoms with Gasteiger partial charge in [-0.1, -0.05) is 58.0 Å². The van der Waals surface area contributed by atoms with Crippen LogP contribution in [0.4, 0.5) is 0 Å². The van der Waals surface area contributed by atoms with Gasteiger partial charge in [-0.15, -0.1) is 0 Å². The van der Waals surface area contributed by atoms with Gasteiger partial charge in [-0.25, -0.2) is 0 Å². The molecule has 1 rings (SSSR count). The number of aliphatic carboxylic acids is 1. The van der Waals surface area contributed by atoms with Gasteiger partial charge < -0.3 is 10.4 Å². The van der Waals surface area contributed by atoms with Crippen molar-refractivity contribution in [3.63, 3.8) is 0 Å². The molecule has 0 radical (unpaired) electrons. The second-order valence-electron chi connectivity index (χ2n) is 6.23. The fraction of sp³-hybridized carbons (Fsp3) is 0.562. The van der Waals surface area contributed by atoms with Crippen LogP contribution in [0.5, 0.6) is 0 Å². The average Bonchev–Trinajstić information content (AvgIpc) is 2.33. The topological polar surface area (TPSA) is 49.3 Å². The average molecular weight is 263 g/mol. The van der Waals surface area contributed by atoms with Gasteiger partial charge in [-0.3, -0.25) is 4.79 Å². The molecule has 0 saturated carbocycles. The molecule has 3 heteroatoms. The highest BCUT2D eigenvalue weighted by Crippen LogP contribution is 2.24. The van der Waals surface area contributed by atoms with Crippen LogP contribution in [-0.2, 0) is 4.79 Å². The van der Waals surface area contributed by atoms with Gasteiger partial charge in [0.25, 0.3) is 0 Å². The van der Waals surface area contributed by atoms with Gasteiger partial charge in [-0.05, 0) is 23.4 Å². The van der Waals surface area contributed by atoms with Crippen LogP contribution >= 0.6 is 0 Å². The SMILES string of the molecule is CC(CNCC(C(=O)O)c1ccccc1)C(C)(C)C. The van der Waals surface area contributed by atoms with E-state index < -0.39 is 11.9 Å². The summed E-state index contributed by atoms with van der Waals surface area (Å²) in [5.41, 5.74) is 1.09. The predicted molar refractivity (Wildman–Crippen MR) is 78.3 cm³/mol. The zero-order valence-electron chi connectivity index (χ0n) is 12.3. The number of carbonyl (C=O) groups is 1. The molecule has 1 aromatic carbocycles. The van der Waals surface area contributed by atoms with E-state index in [0.717, 1.165) is 12.1 Å². The van der Waals surface area contributed by atoms with Crippen LogP contribution in [0.2, 0.25) is 0 Å². The van der Waals surface area contributed by atoms with E-state index in [4.69, 9.17) is 0 Å². The van der Waals surface area contributed by atoms with Crippen LogP contribution in [0.3, 0.4) is 0 Å². The number of benzene rings is 1. The third kappa shape index (κ3) is 5.03. The van der Waals surface area contributed by atoms with Gasteiger partial charge in [0.05, 0.1) is 5.92 Å². The van der Waals surface area contributed by atoms with Gasteiger partial charge in [0.15, 0.2) is 0 Å². The number of hydrogen-bond acceptors (Lipinski definition) is 2. The Hall–Kier alpha value is -1.35. The van der Waals surface area contributed by atoms with Crippen molar-refractivity contribution in [1.29, 1.82) is 0 Å². The Morgan fingerprint density at radius 1 is 1.21 bits per heavy atom. The third-order valence-electron chi connectivity index (χ3n) is 3.78. The summed E-state index contributed by atoms with van der Waals surface area (Å²) >= 11 is 0. The van der Waals surface area contributed by atoms with E-state index in [-0.39, 0.29) is 5.41 Å². The van der Waals surface area contributed by atoms with Crippen molar-refractivity contribution in [2.24, 2.45) is 11.3 Å². The molecule has 0 saturated heterocycles. The first kappa shape index (κ1) is 15.7. The maximum atomic E-state index is 11.3. The van der Waals surface area contributed by atoms with Crippen molar-refractivity contribution in [1.82, 2.24) is 5.32 Å². The van der Waals surface area contributed by atoms with Gasteiger partial charge in [0.1, 0.15) is 0 Å². The van der Waals surface area contributed by atoms with Crippen LogP contribution in [0.25, 0.3) is 0 Å². The maximum absolute atomic E-state index is 11.3. The van der Waals surface area contributed by atoms with Crippen molar-refractivity contribution >= 4 is 5.97 Å². The van der Waals surface area contributed by atoms with Crippen molar-refractivity contribution < 1.29 is 9.90 Å². The summed E-state index contributed by atoms with van der Waals surface area (Å²) in [5.74, 6) is -0.756. The van der Waals surface area contributed by atoms with E-state index in [1.807, 2.05) is 30.3 Å². The molecule has 0 amide bonds. The fourth-order valence-electron chi connectivity index (χ4n) is 1.78. The van der Waals surface area contributed by atoms with Gasteiger partial charge in [-0.2, -0.15) is 0 Å². The first-order valence-electron chi connectivity index (χ1n) is 6.81. The lowest BCUT2D eigenvalue weighted by Crippen LogP contribution is -2.34. The standard InChI is InChI=1S/C16H25NO2/c1-12(16(2,3)4)10-17-11-14(15(18)19)13-8-6-5-7-9-13/h5-9,12,14,17H,10-11H2,1-4H3,(H,18,19). The Kier molecular flexibility index (Phi) is 5.55. The summed E-state index contributed by atoms with van der Waals surface area (Å²) in [7, 11) is 0. The fourth-order valence-corrected chi connectivity index (χ4v) is 1.78. The molecule has 0 spiro atoms. The Balaban J connectivity index is 2.55. The minimum absolute atomic E-state index is 0.235. The number of carboxylic acids is 1. The smallest absolute Gasteiger partial charge is 0.312 e. The lowest BCUT2D eigenvalue weighted by Gasteiger charge is -2.28. The predicted octanol–water partition coefficient (Wildman–Crippen LogP) is 3.13. The largest absolute Gasteiger partial charge is 0.481 e. The Labute approximate surface area is 116 Å². The minimum Gasteiger partial charge on any atom is -0.481 e. The maximum Gasteiger partial charge on any atom is 0.312 e. The highest BCUT2D eigenvalue weighted by Gasteiger charge is 2.22. The Morgan fingerprint density at radius 3 is 2.26 bits per heavy atom. The van der Waals surface area contributed by atoms with Crippen LogP contribution in [0, 0.1) is 11.3 Å². The normalized spacial score (nSPS) is 14.9. The molecule has 0 fully saturated rings. The molecule has 2 atom stereocenters. The van der Waals surface area contributed by atoms with E-state index in [9.17, 15) is 9.90 Å². The summed E-state index contributed by atoms with van der Waals surface area (Å²) < 4.78 is 0. The highest BCUT2D eigenvalue weighted by atomic mass is 16.4. The molecule has 0 aliphatic rings. The number of nitrogens with one attached hydrogen (secondary N) is 1. The van der Waals surface area contributed by atoms with E-state index in [1.165, 1.54) is 0 Å². The molecule has 0 aliphatic heterocycles. The van der Waals surface area contributed by atoms with E-state index >= 15 is 0 Å². The molecule has 0 aromatic heterocycles. The van der Waals surface area contributed by atoms with Gasteiger partial charge in [0.2, 0.25) is 0 Å². The first-order chi connectivity index (χ1) is 8.82. The van der Waals surface area contributed by atoms with Gasteiger partial charge in [0, 0.05) is 6.54 Å². The quantitative estimate of drug-likeness (QED) is 0.829. The first-order valence-corrected chi connectivity index (χ1v) is 6.81. The van der Waals surface area contributed by atoms with Crippen LogP contribution in [-0.4, -0.2) is 24.2 Å². The Bertz CT molecular complexity index is 395. The number of hydrogen-bond donors (Lipinski definition) is 2. The lowest BCUT2D eigenvalue weighted by molar-refractivity contribution is -0.138. The third-order valence-corrected chi connectivity index (χ3v) is 3.78. The van der Waals surface area contributed by atoms with E-state index in [0.29, 0.717) is 12.5 Å². The molecule has 0 bridgehead atoms. The molecule has 0 aliphatic carbocycles. The summed E-state index contributed by atoms with van der Waals surface area (Å²) in [5, 5.41) is 12.6. The molecule has 2 unspecified atom stereocenters. The second kappa shape index (κ2) is 6.71. The summed E-state index contributed by atoms with van der Waals surface area (Å²) in [6, 6.07) is 9.39. The molecule has 0 heterocycles. The number of carboxylic acid groups (broad SMARTS) is 1. The van der Waals surface area contributed by atoms with Crippen LogP contribution in [0.15, 0.2) is 30.3 Å². The summed E-state index contributed by atoms with van der Waals surface area (Å²) in [6.45, 7) is 10.1. The molecule has 106 valence electrons. The molecule has 3 nitrogen and oxygen atoms in total. The molecule has 19 heavy (non-hydrogen) atoms. The van der Waals surface area contributed by atoms with Crippen molar-refractivity contribution in [2.75, 3.05) is 13.1 Å². The van der Waals surface area contributed by atoms with E-state index in [1.54, 1.807) is 0 Å². The second-order valence-corrected chi connectivity index (χ2v) is 6.23. The van der Waals surface area contributed by atoms with E-state index in [2.05, 4.69) is 33.0 Å². The summed E-state index contributed by atoms with van der Waals surface area (Å²) in [6.07, 6.45) is 0. The zero-order valence-corrected chi connectivity index (χ0v) is 12.3. The molecule has 1 aromatic rings. The van der Waals surface area contributed by atoms with Crippen molar-refractivity contribution in [2.45, 2.75) is 33.6 Å². The van der Waals surface area contributed by atoms with Crippen molar-refractivity contribution in [3.05, 3.63) is 35.9 Å². The van der Waals surface area contributed by atoms with Crippen LogP contribution < -0.4 is 5.32 Å². The highest BCUT2D eigenvalue weighted by molar-refractivity contribution is 5.76. The summed E-state index contributed by atoms with van der Waals surface area (Å²) in [4.78, 5) is 11.3. The molecular formula is C16H25NO2. The van der Waals surface area contributed by atoms with Crippen LogP contribution in [0.1, 0.15) is 39.2 Å². The monoisotopic (exact) mass is 263 g/mol. The minimum atomic E-state index is -0.776. The Morgan fingerprint density at radius 2 is 1.79 bits per heavy atom. The van der Waals surface area contributed by atoms with Crippen molar-refractivity contribution in [3.8, 4) is 0 Å². The number of rotatable bonds is 6. The molecular weight excluding hydrogens is 238 g/mol. The van der Waals surface area contributed by atoms with Gasteiger partial charge >= 0.3 is 5.97 Å².